The van der Waals surface area contributed by atoms with Crippen molar-refractivity contribution >= 4 is 17.6 Å². The van der Waals surface area contributed by atoms with Gasteiger partial charge in [0.15, 0.2) is 5.84 Å². The van der Waals surface area contributed by atoms with Crippen molar-refractivity contribution in [3.05, 3.63) is 35.1 Å². The molecule has 20 heavy (non-hydrogen) atoms. The molecule has 1 unspecified atom stereocenters. The lowest BCUT2D eigenvalue weighted by atomic mass is 10.0. The number of halogens is 1. The summed E-state index contributed by atoms with van der Waals surface area (Å²) in [6.07, 6.45) is 2.47. The Morgan fingerprint density at radius 3 is 3.05 bits per heavy atom. The maximum atomic E-state index is 13.3. The molecule has 1 heterocycles. The van der Waals surface area contributed by atoms with Gasteiger partial charge in [-0.05, 0) is 43.2 Å². The maximum absolute atomic E-state index is 13.3. The van der Waals surface area contributed by atoms with Gasteiger partial charge in [0.2, 0.25) is 0 Å². The molecule has 0 spiro atoms. The topological polar surface area (TPSA) is 70.6 Å². The van der Waals surface area contributed by atoms with E-state index in [2.05, 4.69) is 17.4 Å². The number of nitrogens with two attached hydrogens (primary N) is 1. The molecule has 0 radical (unpaired) electrons. The minimum absolute atomic E-state index is 0.0669. The molecule has 0 aliphatic carbocycles. The van der Waals surface area contributed by atoms with Crippen LogP contribution < -0.4 is 11.1 Å². The van der Waals surface area contributed by atoms with E-state index in [1.54, 1.807) is 6.07 Å². The lowest BCUT2D eigenvalue weighted by Gasteiger charge is -2.23. The van der Waals surface area contributed by atoms with Crippen LogP contribution in [0.15, 0.2) is 23.4 Å². The number of rotatable bonds is 5. The van der Waals surface area contributed by atoms with Crippen LogP contribution in [0.3, 0.4) is 0 Å². The molecule has 110 valence electrons. The summed E-state index contributed by atoms with van der Waals surface area (Å²) in [6, 6.07) is 4.34. The van der Waals surface area contributed by atoms with Crippen LogP contribution in [0.5, 0.6) is 0 Å². The van der Waals surface area contributed by atoms with Crippen LogP contribution in [0.1, 0.15) is 30.9 Å². The van der Waals surface area contributed by atoms with E-state index in [0.717, 1.165) is 12.1 Å². The molecular formula is C14H20FN3OS. The molecule has 1 atom stereocenters. The molecule has 0 amide bonds. The van der Waals surface area contributed by atoms with Crippen molar-refractivity contribution in [3.8, 4) is 0 Å². The van der Waals surface area contributed by atoms with Gasteiger partial charge in [-0.3, -0.25) is 0 Å². The molecule has 0 saturated carbocycles. The summed E-state index contributed by atoms with van der Waals surface area (Å²) in [7, 11) is 0. The van der Waals surface area contributed by atoms with Crippen molar-refractivity contribution < 1.29 is 9.60 Å². The van der Waals surface area contributed by atoms with Gasteiger partial charge in [0.25, 0.3) is 0 Å². The van der Waals surface area contributed by atoms with E-state index in [1.807, 2.05) is 11.8 Å². The standard InChI is InChI=1S/C14H20FN3OS/c1-14(5-2-6-20-14)9-17-8-10-3-4-11(15)7-12(10)13(16)18-19/h3-4,7,17,19H,2,5-6,8-9H2,1H3,(H2,16,18). The van der Waals surface area contributed by atoms with Crippen LogP contribution in [-0.2, 0) is 6.54 Å². The van der Waals surface area contributed by atoms with E-state index in [-0.39, 0.29) is 10.6 Å². The monoisotopic (exact) mass is 297 g/mol. The number of hydrogen-bond donors (Lipinski definition) is 3. The number of nitrogens with one attached hydrogen (secondary N) is 1. The third-order valence-electron chi connectivity index (χ3n) is 3.57. The third-order valence-corrected chi connectivity index (χ3v) is 5.11. The zero-order valence-electron chi connectivity index (χ0n) is 11.5. The van der Waals surface area contributed by atoms with E-state index in [0.29, 0.717) is 12.1 Å². The minimum Gasteiger partial charge on any atom is -0.409 e. The Hall–Kier alpha value is -1.27. The summed E-state index contributed by atoms with van der Waals surface area (Å²) in [5, 5.41) is 15.1. The Morgan fingerprint density at radius 1 is 1.60 bits per heavy atom. The number of benzene rings is 1. The number of oxime groups is 1. The number of hydrogen-bond acceptors (Lipinski definition) is 4. The molecular weight excluding hydrogens is 277 g/mol. The van der Waals surface area contributed by atoms with Crippen molar-refractivity contribution in [2.75, 3.05) is 12.3 Å². The molecule has 4 N–H and O–H groups in total. The summed E-state index contributed by atoms with van der Waals surface area (Å²) in [5.41, 5.74) is 6.85. The summed E-state index contributed by atoms with van der Waals surface area (Å²) >= 11 is 1.99. The molecule has 0 bridgehead atoms. The van der Waals surface area contributed by atoms with Gasteiger partial charge >= 0.3 is 0 Å². The molecule has 1 fully saturated rings. The highest BCUT2D eigenvalue weighted by Gasteiger charge is 2.28. The highest BCUT2D eigenvalue weighted by atomic mass is 32.2. The van der Waals surface area contributed by atoms with Crippen molar-refractivity contribution in [1.29, 1.82) is 0 Å². The molecule has 4 nitrogen and oxygen atoms in total. The summed E-state index contributed by atoms with van der Waals surface area (Å²) < 4.78 is 13.5. The third kappa shape index (κ3) is 3.64. The average molecular weight is 297 g/mol. The van der Waals surface area contributed by atoms with Crippen LogP contribution >= 0.6 is 11.8 Å². The van der Waals surface area contributed by atoms with Gasteiger partial charge < -0.3 is 16.3 Å². The lowest BCUT2D eigenvalue weighted by molar-refractivity contribution is 0.318. The van der Waals surface area contributed by atoms with Crippen LogP contribution in [-0.4, -0.2) is 28.1 Å². The summed E-state index contributed by atoms with van der Waals surface area (Å²) in [4.78, 5) is 0. The predicted molar refractivity (Wildman–Crippen MR) is 80.7 cm³/mol. The molecule has 1 aliphatic heterocycles. The van der Waals surface area contributed by atoms with Crippen molar-refractivity contribution in [2.45, 2.75) is 31.1 Å². The van der Waals surface area contributed by atoms with Crippen molar-refractivity contribution in [3.63, 3.8) is 0 Å². The zero-order chi connectivity index (χ0) is 14.6. The number of nitrogens with zero attached hydrogens (tertiary/aromatic N) is 1. The maximum Gasteiger partial charge on any atom is 0.170 e. The normalized spacial score (nSPS) is 23.2. The van der Waals surface area contributed by atoms with Gasteiger partial charge in [-0.2, -0.15) is 11.8 Å². The van der Waals surface area contributed by atoms with E-state index >= 15 is 0 Å². The van der Waals surface area contributed by atoms with Crippen LogP contribution in [0.25, 0.3) is 0 Å². The van der Waals surface area contributed by atoms with Gasteiger partial charge in [-0.15, -0.1) is 0 Å². The van der Waals surface area contributed by atoms with Gasteiger partial charge in [0.05, 0.1) is 0 Å². The van der Waals surface area contributed by atoms with Crippen molar-refractivity contribution in [1.82, 2.24) is 5.32 Å². The number of thioether (sulfide) groups is 1. The largest absolute Gasteiger partial charge is 0.409 e. The van der Waals surface area contributed by atoms with Gasteiger partial charge in [-0.25, -0.2) is 4.39 Å². The SMILES string of the molecule is CC1(CNCc2ccc(F)cc2/C(N)=N/O)CCCS1. The highest BCUT2D eigenvalue weighted by molar-refractivity contribution is 8.00. The zero-order valence-corrected chi connectivity index (χ0v) is 12.3. The molecule has 1 aromatic carbocycles. The minimum atomic E-state index is -0.395. The van der Waals surface area contributed by atoms with Crippen LogP contribution in [0.4, 0.5) is 4.39 Å². The first-order valence-corrected chi connectivity index (χ1v) is 7.64. The fraction of sp³-hybridized carbons (Fsp3) is 0.500. The Bertz CT molecular complexity index is 501. The first kappa shape index (κ1) is 15.1. The molecule has 2 rings (SSSR count). The van der Waals surface area contributed by atoms with E-state index in [4.69, 9.17) is 10.9 Å². The fourth-order valence-corrected chi connectivity index (χ4v) is 3.71. The second kappa shape index (κ2) is 6.45. The molecule has 1 aromatic rings. The molecule has 1 aliphatic rings. The Labute approximate surface area is 122 Å². The Kier molecular flexibility index (Phi) is 4.88. The first-order chi connectivity index (χ1) is 9.54. The predicted octanol–water partition coefficient (Wildman–Crippen LogP) is 2.30. The Balaban J connectivity index is 2.02. The summed E-state index contributed by atoms with van der Waals surface area (Å²) in [6.45, 7) is 3.72. The van der Waals surface area contributed by atoms with Crippen LogP contribution in [0, 0.1) is 5.82 Å². The van der Waals surface area contributed by atoms with E-state index < -0.39 is 5.82 Å². The second-order valence-electron chi connectivity index (χ2n) is 5.29. The lowest BCUT2D eigenvalue weighted by Crippen LogP contribution is -2.33. The molecule has 0 aromatic heterocycles. The van der Waals surface area contributed by atoms with Gasteiger partial charge in [0, 0.05) is 23.4 Å². The van der Waals surface area contributed by atoms with E-state index in [1.165, 1.54) is 30.7 Å². The van der Waals surface area contributed by atoms with Gasteiger partial charge in [0.1, 0.15) is 5.82 Å². The first-order valence-electron chi connectivity index (χ1n) is 6.65. The van der Waals surface area contributed by atoms with Crippen LogP contribution in [0.2, 0.25) is 0 Å². The van der Waals surface area contributed by atoms with E-state index in [9.17, 15) is 4.39 Å². The molecule has 6 heteroatoms. The quantitative estimate of drug-likeness (QED) is 0.337. The Morgan fingerprint density at radius 2 is 2.40 bits per heavy atom. The summed E-state index contributed by atoms with van der Waals surface area (Å²) in [5.74, 6) is 0.751. The molecule has 1 saturated heterocycles. The second-order valence-corrected chi connectivity index (χ2v) is 6.97. The smallest absolute Gasteiger partial charge is 0.170 e. The fourth-order valence-electron chi connectivity index (χ4n) is 2.43. The van der Waals surface area contributed by atoms with Crippen molar-refractivity contribution in [2.24, 2.45) is 10.9 Å². The highest BCUT2D eigenvalue weighted by Crippen LogP contribution is 2.37. The number of amidine groups is 1. The average Bonchev–Trinajstić information content (AvgIpc) is 2.86. The van der Waals surface area contributed by atoms with Gasteiger partial charge in [-0.1, -0.05) is 11.2 Å².